The highest BCUT2D eigenvalue weighted by Gasteiger charge is 2.33. The summed E-state index contributed by atoms with van der Waals surface area (Å²) >= 11 is 12.8. The van der Waals surface area contributed by atoms with E-state index in [0.717, 1.165) is 31.4 Å². The maximum Gasteiger partial charge on any atom is 0.573 e. The minimum atomic E-state index is -4.88. The number of aromatic nitrogens is 4. The van der Waals surface area contributed by atoms with E-state index in [2.05, 4.69) is 9.72 Å². The molecule has 5 rings (SSSR count). The third-order valence-corrected chi connectivity index (χ3v) is 8.60. The van der Waals surface area contributed by atoms with Crippen LogP contribution in [0.2, 0.25) is 10.0 Å². The number of aliphatic hydroxyl groups excluding tert-OH is 1. The van der Waals surface area contributed by atoms with Gasteiger partial charge in [-0.1, -0.05) is 29.6 Å². The van der Waals surface area contributed by atoms with Gasteiger partial charge in [-0.3, -0.25) is 4.79 Å². The van der Waals surface area contributed by atoms with Crippen molar-refractivity contribution in [2.75, 3.05) is 0 Å². The lowest BCUT2D eigenvalue weighted by Gasteiger charge is -2.29. The van der Waals surface area contributed by atoms with Gasteiger partial charge in [0.25, 0.3) is 0 Å². The number of ether oxygens (including phenoxy) is 1. The minimum Gasteiger partial charge on any atom is -0.406 e. The third-order valence-electron chi connectivity index (χ3n) is 7.93. The van der Waals surface area contributed by atoms with Gasteiger partial charge in [-0.2, -0.15) is 0 Å². The van der Waals surface area contributed by atoms with E-state index in [1.165, 1.54) is 0 Å². The molecule has 0 radical (unpaired) electrons. The fourth-order valence-corrected chi connectivity index (χ4v) is 6.60. The maximum absolute atomic E-state index is 12.7. The van der Waals surface area contributed by atoms with Gasteiger partial charge in [0.15, 0.2) is 5.65 Å². The Kier molecular flexibility index (Phi) is 8.45. The monoisotopic (exact) mass is 599 g/mol. The lowest BCUT2D eigenvalue weighted by atomic mass is 9.85. The molecule has 1 aromatic carbocycles. The Bertz CT molecular complexity index is 1370. The molecule has 2 aromatic heterocycles. The zero-order chi connectivity index (χ0) is 28.6. The lowest BCUT2D eigenvalue weighted by molar-refractivity contribution is -0.274. The van der Waals surface area contributed by atoms with Crippen molar-refractivity contribution < 1.29 is 27.8 Å². The van der Waals surface area contributed by atoms with Crippen LogP contribution in [0.5, 0.6) is 5.75 Å². The zero-order valence-electron chi connectivity index (χ0n) is 21.6. The number of aliphatic hydroxyl groups is 1. The number of halogens is 5. The molecule has 0 bridgehead atoms. The zero-order valence-corrected chi connectivity index (χ0v) is 23.1. The van der Waals surface area contributed by atoms with Gasteiger partial charge >= 0.3 is 6.36 Å². The summed E-state index contributed by atoms with van der Waals surface area (Å²) < 4.78 is 44.2. The first-order valence-electron chi connectivity index (χ1n) is 13.4. The summed E-state index contributed by atoms with van der Waals surface area (Å²) in [5, 5.41) is 10.1. The van der Waals surface area contributed by atoms with Crippen LogP contribution in [0, 0.1) is 11.8 Å². The quantitative estimate of drug-likeness (QED) is 0.347. The number of alkyl halides is 3. The van der Waals surface area contributed by atoms with Gasteiger partial charge in [0.1, 0.15) is 22.9 Å². The SMILES string of the molecule is NC(=O)C1CCC(n2c(Cc3c(Cl)cc(OC(F)(F)F)cc3Cl)nc3cnc(CC4CCCC(O)C4)nc32)CC1. The van der Waals surface area contributed by atoms with Crippen molar-refractivity contribution in [1.29, 1.82) is 0 Å². The van der Waals surface area contributed by atoms with E-state index in [4.69, 9.17) is 38.9 Å². The number of nitrogens with two attached hydrogens (primary N) is 1. The predicted molar refractivity (Wildman–Crippen MR) is 143 cm³/mol. The fraction of sp³-hybridized carbons (Fsp3) is 0.556. The van der Waals surface area contributed by atoms with E-state index >= 15 is 0 Å². The van der Waals surface area contributed by atoms with Gasteiger partial charge in [0.2, 0.25) is 5.91 Å². The van der Waals surface area contributed by atoms with Crippen molar-refractivity contribution in [3.05, 3.63) is 45.6 Å². The van der Waals surface area contributed by atoms with Crippen LogP contribution in [0.3, 0.4) is 0 Å². The second-order valence-corrected chi connectivity index (χ2v) is 11.6. The molecule has 2 unspecified atom stereocenters. The number of hydrogen-bond acceptors (Lipinski definition) is 6. The molecule has 2 heterocycles. The van der Waals surface area contributed by atoms with Gasteiger partial charge in [-0.25, -0.2) is 15.0 Å². The average molecular weight is 600 g/mol. The Balaban J connectivity index is 1.50. The second-order valence-electron chi connectivity index (χ2n) is 10.8. The van der Waals surface area contributed by atoms with Gasteiger partial charge in [-0.05, 0) is 68.6 Å². The molecule has 13 heteroatoms. The molecule has 2 atom stereocenters. The van der Waals surface area contributed by atoms with Crippen molar-refractivity contribution >= 4 is 40.3 Å². The van der Waals surface area contributed by atoms with Crippen molar-refractivity contribution in [2.24, 2.45) is 17.6 Å². The Morgan fingerprint density at radius 3 is 2.42 bits per heavy atom. The van der Waals surface area contributed by atoms with Crippen LogP contribution < -0.4 is 10.5 Å². The first-order chi connectivity index (χ1) is 19.0. The first kappa shape index (κ1) is 28.9. The number of carbonyl (C=O) groups excluding carboxylic acids is 1. The highest BCUT2D eigenvalue weighted by atomic mass is 35.5. The Hall–Kier alpha value is -2.63. The lowest BCUT2D eigenvalue weighted by Crippen LogP contribution is -2.29. The molecule has 2 aliphatic rings. The van der Waals surface area contributed by atoms with Crippen molar-refractivity contribution in [2.45, 2.75) is 82.7 Å². The van der Waals surface area contributed by atoms with E-state index in [9.17, 15) is 23.1 Å². The first-order valence-corrected chi connectivity index (χ1v) is 14.2. The number of nitrogens with zero attached hydrogens (tertiary/aromatic N) is 4. The summed E-state index contributed by atoms with van der Waals surface area (Å²) in [6.45, 7) is 0. The molecule has 2 aliphatic carbocycles. The smallest absolute Gasteiger partial charge is 0.406 e. The van der Waals surface area contributed by atoms with Gasteiger partial charge in [0, 0.05) is 34.8 Å². The molecule has 2 saturated carbocycles. The Morgan fingerprint density at radius 1 is 1.10 bits per heavy atom. The second kappa shape index (κ2) is 11.7. The standard InChI is InChI=1S/C27H30Cl2F3N5O3/c28-20-10-18(40-27(30,31)32)11-21(29)19(20)12-24-35-22-13-34-23(9-14-2-1-3-17(38)8-14)36-26(22)37(24)16-6-4-15(5-7-16)25(33)39/h10-11,13-17,38H,1-9,12H2,(H2,33,39). The summed E-state index contributed by atoms with van der Waals surface area (Å²) in [5.74, 6) is 0.529. The van der Waals surface area contributed by atoms with E-state index < -0.39 is 12.1 Å². The van der Waals surface area contributed by atoms with Crippen molar-refractivity contribution in [1.82, 2.24) is 19.5 Å². The van der Waals surface area contributed by atoms with Gasteiger partial charge in [-0.15, -0.1) is 13.2 Å². The van der Waals surface area contributed by atoms with Crippen LogP contribution in [0.15, 0.2) is 18.3 Å². The van der Waals surface area contributed by atoms with Crippen LogP contribution >= 0.6 is 23.2 Å². The number of hydrogen-bond donors (Lipinski definition) is 2. The summed E-state index contributed by atoms with van der Waals surface area (Å²) in [5.41, 5.74) is 7.17. The highest BCUT2D eigenvalue weighted by Crippen LogP contribution is 2.38. The van der Waals surface area contributed by atoms with E-state index in [1.54, 1.807) is 6.20 Å². The predicted octanol–water partition coefficient (Wildman–Crippen LogP) is 5.93. The normalized spacial score (nSPS) is 23.9. The molecule has 1 amide bonds. The van der Waals surface area contributed by atoms with E-state index in [-0.39, 0.29) is 46.4 Å². The number of fused-ring (bicyclic) bond motifs is 1. The molecule has 40 heavy (non-hydrogen) atoms. The summed E-state index contributed by atoms with van der Waals surface area (Å²) in [4.78, 5) is 26.0. The third kappa shape index (κ3) is 6.63. The Labute approximate surface area is 239 Å². The molecular formula is C27H30Cl2F3N5O3. The fourth-order valence-electron chi connectivity index (χ4n) is 6.00. The molecule has 0 aliphatic heterocycles. The summed E-state index contributed by atoms with van der Waals surface area (Å²) in [7, 11) is 0. The van der Waals surface area contributed by atoms with Crippen molar-refractivity contribution in [3.63, 3.8) is 0 Å². The van der Waals surface area contributed by atoms with Crippen LogP contribution in [-0.4, -0.2) is 43.0 Å². The molecule has 3 aromatic rings. The number of imidazole rings is 1. The number of primary amides is 1. The molecule has 8 nitrogen and oxygen atoms in total. The molecule has 2 fully saturated rings. The largest absolute Gasteiger partial charge is 0.573 e. The molecule has 3 N–H and O–H groups in total. The molecular weight excluding hydrogens is 570 g/mol. The molecule has 0 saturated heterocycles. The topological polar surface area (TPSA) is 116 Å². The van der Waals surface area contributed by atoms with E-state index in [0.29, 0.717) is 66.9 Å². The highest BCUT2D eigenvalue weighted by molar-refractivity contribution is 6.36. The maximum atomic E-state index is 12.7. The number of carbonyl (C=O) groups is 1. The minimum absolute atomic E-state index is 0.0189. The number of amides is 1. The summed E-state index contributed by atoms with van der Waals surface area (Å²) in [6, 6.07) is 2.13. The van der Waals surface area contributed by atoms with Crippen LogP contribution in [-0.2, 0) is 17.6 Å². The van der Waals surface area contributed by atoms with Gasteiger partial charge in [0.05, 0.1) is 12.3 Å². The molecule has 216 valence electrons. The Morgan fingerprint density at radius 2 is 1.80 bits per heavy atom. The number of rotatable bonds is 7. The van der Waals surface area contributed by atoms with Gasteiger partial charge < -0.3 is 20.1 Å². The number of benzene rings is 1. The summed E-state index contributed by atoms with van der Waals surface area (Å²) in [6.07, 6.45) is 3.39. The molecule has 0 spiro atoms. The van der Waals surface area contributed by atoms with Crippen molar-refractivity contribution in [3.8, 4) is 5.75 Å². The van der Waals surface area contributed by atoms with Crippen LogP contribution in [0.4, 0.5) is 13.2 Å². The van der Waals surface area contributed by atoms with Crippen LogP contribution in [0.25, 0.3) is 11.2 Å². The van der Waals surface area contributed by atoms with E-state index in [1.807, 2.05) is 4.57 Å². The van der Waals surface area contributed by atoms with Crippen LogP contribution in [0.1, 0.15) is 74.6 Å². The average Bonchev–Trinajstić information content (AvgIpc) is 3.22.